The second-order valence-electron chi connectivity index (χ2n) is 7.99. The van der Waals surface area contributed by atoms with Crippen LogP contribution < -0.4 is 21.7 Å². The molecule has 3 aromatic rings. The van der Waals surface area contributed by atoms with Crippen LogP contribution in [0.2, 0.25) is 0 Å². The Hall–Kier alpha value is -3.45. The number of nitrogen functional groups attached to an aromatic ring is 1. The van der Waals surface area contributed by atoms with Crippen LogP contribution in [-0.4, -0.2) is 36.6 Å². The van der Waals surface area contributed by atoms with Gasteiger partial charge in [-0.05, 0) is 61.7 Å². The second kappa shape index (κ2) is 10.2. The number of rotatable bonds is 8. The predicted molar refractivity (Wildman–Crippen MR) is 126 cm³/mol. The number of nitrogens with zero attached hydrogens (tertiary/aromatic N) is 1. The fraction of sp³-hybridized carbons (Fsp3) is 0.280. The lowest BCUT2D eigenvalue weighted by atomic mass is 10.1. The van der Waals surface area contributed by atoms with Gasteiger partial charge in [0.2, 0.25) is 0 Å². The van der Waals surface area contributed by atoms with E-state index in [-0.39, 0.29) is 11.7 Å². The van der Waals surface area contributed by atoms with Crippen molar-refractivity contribution in [2.45, 2.75) is 25.3 Å². The van der Waals surface area contributed by atoms with Gasteiger partial charge < -0.3 is 21.7 Å². The monoisotopic (exact) mass is 433 g/mol. The molecule has 0 saturated carbocycles. The predicted octanol–water partition coefficient (Wildman–Crippen LogP) is 3.61. The van der Waals surface area contributed by atoms with Gasteiger partial charge in [-0.2, -0.15) is 0 Å². The summed E-state index contributed by atoms with van der Waals surface area (Å²) in [4.78, 5) is 17.6. The summed E-state index contributed by atoms with van der Waals surface area (Å²) in [6.07, 6.45) is 2.79. The number of benzene rings is 2. The van der Waals surface area contributed by atoms with Gasteiger partial charge in [-0.15, -0.1) is 0 Å². The van der Waals surface area contributed by atoms with Gasteiger partial charge in [0.05, 0.1) is 11.3 Å². The molecule has 1 atom stereocenters. The van der Waals surface area contributed by atoms with E-state index in [9.17, 15) is 9.18 Å². The molecule has 5 N–H and O–H groups in total. The first kappa shape index (κ1) is 21.8. The molecule has 4 rings (SSSR count). The van der Waals surface area contributed by atoms with Crippen LogP contribution >= 0.6 is 0 Å². The lowest BCUT2D eigenvalue weighted by Crippen LogP contribution is -2.37. The molecule has 0 radical (unpaired) electrons. The molecule has 2 aromatic carbocycles. The third-order valence-electron chi connectivity index (χ3n) is 5.64. The van der Waals surface area contributed by atoms with E-state index in [1.807, 2.05) is 36.4 Å². The van der Waals surface area contributed by atoms with Gasteiger partial charge in [0.15, 0.2) is 0 Å². The van der Waals surface area contributed by atoms with E-state index < -0.39 is 0 Å². The number of hydrogen-bond donors (Lipinski definition) is 4. The lowest BCUT2D eigenvalue weighted by Gasteiger charge is -2.16. The topological polar surface area (TPSA) is 92.1 Å². The van der Waals surface area contributed by atoms with Crippen LogP contribution in [0.5, 0.6) is 0 Å². The van der Waals surface area contributed by atoms with Crippen molar-refractivity contribution < 1.29 is 9.18 Å². The molecule has 6 nitrogen and oxygen atoms in total. The average Bonchev–Trinajstić information content (AvgIpc) is 3.32. The molecular formula is C25H28FN5O. The van der Waals surface area contributed by atoms with E-state index in [2.05, 4.69) is 16.0 Å². The molecule has 0 spiro atoms. The zero-order valence-corrected chi connectivity index (χ0v) is 17.9. The number of carbonyl (C=O) groups excluding carboxylic acids is 1. The first-order valence-corrected chi connectivity index (χ1v) is 11.0. The lowest BCUT2D eigenvalue weighted by molar-refractivity contribution is 0.0951. The van der Waals surface area contributed by atoms with Crippen molar-refractivity contribution in [2.75, 3.05) is 30.7 Å². The third kappa shape index (κ3) is 5.42. The van der Waals surface area contributed by atoms with Crippen molar-refractivity contribution >= 4 is 17.4 Å². The van der Waals surface area contributed by atoms with Crippen molar-refractivity contribution in [3.63, 3.8) is 0 Å². The number of halogens is 1. The maximum atomic E-state index is 13.5. The highest BCUT2D eigenvalue weighted by atomic mass is 19.1. The highest BCUT2D eigenvalue weighted by Gasteiger charge is 2.18. The summed E-state index contributed by atoms with van der Waals surface area (Å²) in [5.74, 6) is 0.0499. The van der Waals surface area contributed by atoms with Crippen molar-refractivity contribution in [1.82, 2.24) is 15.6 Å². The van der Waals surface area contributed by atoms with Crippen molar-refractivity contribution in [2.24, 2.45) is 0 Å². The molecule has 32 heavy (non-hydrogen) atoms. The van der Waals surface area contributed by atoms with Crippen molar-refractivity contribution in [3.8, 4) is 11.3 Å². The Morgan fingerprint density at radius 3 is 2.81 bits per heavy atom. The quantitative estimate of drug-likeness (QED) is 0.408. The average molecular weight is 434 g/mol. The minimum atomic E-state index is -0.261. The minimum Gasteiger partial charge on any atom is -0.398 e. The molecule has 1 aliphatic heterocycles. The Kier molecular flexibility index (Phi) is 6.97. The Labute approximate surface area is 187 Å². The van der Waals surface area contributed by atoms with Gasteiger partial charge in [0, 0.05) is 30.4 Å². The molecule has 1 unspecified atom stereocenters. The first-order valence-electron chi connectivity index (χ1n) is 11.0. The zero-order valence-electron chi connectivity index (χ0n) is 17.9. The van der Waals surface area contributed by atoms with Crippen LogP contribution in [0.15, 0.2) is 60.7 Å². The molecule has 0 bridgehead atoms. The number of carbonyl (C=O) groups is 1. The van der Waals surface area contributed by atoms with Crippen LogP contribution in [-0.2, 0) is 6.42 Å². The minimum absolute atomic E-state index is 0.174. The second-order valence-corrected chi connectivity index (χ2v) is 7.99. The van der Waals surface area contributed by atoms with Gasteiger partial charge in [0.1, 0.15) is 11.6 Å². The van der Waals surface area contributed by atoms with Gasteiger partial charge in [-0.3, -0.25) is 4.79 Å². The van der Waals surface area contributed by atoms with Crippen LogP contribution in [0.1, 0.15) is 28.8 Å². The van der Waals surface area contributed by atoms with Crippen molar-refractivity contribution in [3.05, 3.63) is 77.6 Å². The molecule has 7 heteroatoms. The maximum Gasteiger partial charge on any atom is 0.255 e. The molecule has 1 aliphatic rings. The number of nitrogens with one attached hydrogen (secondary N) is 3. The normalized spacial score (nSPS) is 15.5. The summed E-state index contributed by atoms with van der Waals surface area (Å²) in [6.45, 7) is 2.08. The number of para-hydroxylation sites is 1. The van der Waals surface area contributed by atoms with Crippen LogP contribution in [0.3, 0.4) is 0 Å². The van der Waals surface area contributed by atoms with Gasteiger partial charge in [0.25, 0.3) is 5.91 Å². The molecule has 166 valence electrons. The summed E-state index contributed by atoms with van der Waals surface area (Å²) in [7, 11) is 0. The smallest absolute Gasteiger partial charge is 0.255 e. The highest BCUT2D eigenvalue weighted by molar-refractivity contribution is 5.99. The maximum absolute atomic E-state index is 13.5. The summed E-state index contributed by atoms with van der Waals surface area (Å²) in [5.41, 5.74) is 9.59. The van der Waals surface area contributed by atoms with Crippen LogP contribution in [0.4, 0.5) is 15.9 Å². The van der Waals surface area contributed by atoms with E-state index in [0.717, 1.165) is 30.5 Å². The van der Waals surface area contributed by atoms with E-state index in [0.29, 0.717) is 48.3 Å². The Morgan fingerprint density at radius 1 is 1.16 bits per heavy atom. The molecule has 2 heterocycles. The number of pyridine rings is 1. The third-order valence-corrected chi connectivity index (χ3v) is 5.64. The fourth-order valence-electron chi connectivity index (χ4n) is 3.92. The van der Waals surface area contributed by atoms with E-state index >= 15 is 0 Å². The van der Waals surface area contributed by atoms with E-state index in [4.69, 9.17) is 10.7 Å². The number of hydrogen-bond acceptors (Lipinski definition) is 5. The zero-order chi connectivity index (χ0) is 22.3. The first-order chi connectivity index (χ1) is 15.6. The standard InChI is InChI=1S/C25H28FN5O/c26-18-6-3-5-17(15-18)12-14-29-24-21(25(32)30-16-19-7-4-13-28-19)10-11-23(31-24)20-8-1-2-9-22(20)27/h1-3,5-6,8-11,15,19,28H,4,7,12-14,16,27H2,(H,29,31)(H,30,32). The molecule has 0 aliphatic carbocycles. The molecule has 1 fully saturated rings. The molecule has 1 saturated heterocycles. The number of anilines is 2. The SMILES string of the molecule is Nc1ccccc1-c1ccc(C(=O)NCC2CCCN2)c(NCCc2cccc(F)c2)n1. The van der Waals surface area contributed by atoms with Crippen LogP contribution in [0.25, 0.3) is 11.3 Å². The Morgan fingerprint density at radius 2 is 2.03 bits per heavy atom. The summed E-state index contributed by atoms with van der Waals surface area (Å²) < 4.78 is 13.5. The van der Waals surface area contributed by atoms with Gasteiger partial charge in [-0.25, -0.2) is 9.37 Å². The fourth-order valence-corrected chi connectivity index (χ4v) is 3.92. The summed E-state index contributed by atoms with van der Waals surface area (Å²) in [5, 5.41) is 9.66. The van der Waals surface area contributed by atoms with Gasteiger partial charge >= 0.3 is 0 Å². The number of amides is 1. The Balaban J connectivity index is 1.53. The van der Waals surface area contributed by atoms with Crippen LogP contribution in [0, 0.1) is 5.82 Å². The van der Waals surface area contributed by atoms with E-state index in [1.54, 1.807) is 12.1 Å². The van der Waals surface area contributed by atoms with Crippen molar-refractivity contribution in [1.29, 1.82) is 0 Å². The molecule has 1 amide bonds. The largest absolute Gasteiger partial charge is 0.398 e. The molecule has 1 aromatic heterocycles. The Bertz CT molecular complexity index is 1080. The molecular weight excluding hydrogens is 405 g/mol. The number of aromatic nitrogens is 1. The van der Waals surface area contributed by atoms with E-state index in [1.165, 1.54) is 12.1 Å². The number of nitrogens with two attached hydrogens (primary N) is 1. The highest BCUT2D eigenvalue weighted by Crippen LogP contribution is 2.26. The summed E-state index contributed by atoms with van der Waals surface area (Å²) >= 11 is 0. The summed E-state index contributed by atoms with van der Waals surface area (Å²) in [6, 6.07) is 17.9. The van der Waals surface area contributed by atoms with Gasteiger partial charge in [-0.1, -0.05) is 30.3 Å².